The number of benzene rings is 1. The van der Waals surface area contributed by atoms with E-state index in [0.29, 0.717) is 5.56 Å². The quantitative estimate of drug-likeness (QED) is 0.473. The van der Waals surface area contributed by atoms with Gasteiger partial charge < -0.3 is 0 Å². The normalized spacial score (nSPS) is 9.50. The minimum atomic E-state index is -0.831. The first-order valence-electron chi connectivity index (χ1n) is 3.76. The van der Waals surface area contributed by atoms with Crippen molar-refractivity contribution in [2.45, 2.75) is 0 Å². The van der Waals surface area contributed by atoms with Crippen molar-refractivity contribution < 1.29 is 9.59 Å². The molecule has 0 heterocycles. The minimum absolute atomic E-state index is 0.0805. The molecular formula is C9H6BrNO3. The van der Waals surface area contributed by atoms with E-state index in [2.05, 4.69) is 21.1 Å². The summed E-state index contributed by atoms with van der Waals surface area (Å²) in [5.41, 5.74) is 0.676. The van der Waals surface area contributed by atoms with Crippen LogP contribution in [-0.4, -0.2) is 17.0 Å². The average molecular weight is 256 g/mol. The predicted octanol–water partition coefficient (Wildman–Crippen LogP) is 2.17. The van der Waals surface area contributed by atoms with E-state index in [1.165, 1.54) is 24.3 Å². The molecule has 0 radical (unpaired) electrons. The van der Waals surface area contributed by atoms with E-state index in [0.717, 1.165) is 0 Å². The Labute approximate surface area is 88.4 Å². The molecule has 14 heavy (non-hydrogen) atoms. The molecule has 0 aliphatic rings. The summed E-state index contributed by atoms with van der Waals surface area (Å²) in [5.74, 6) is -0.911. The molecule has 0 aliphatic carbocycles. The van der Waals surface area contributed by atoms with Gasteiger partial charge in [-0.1, -0.05) is 28.1 Å². The molecule has 0 bridgehead atoms. The number of carbonyl (C=O) groups is 2. The molecule has 0 saturated carbocycles. The monoisotopic (exact) mass is 255 g/mol. The smallest absolute Gasteiger partial charge is 0.293 e. The van der Waals surface area contributed by atoms with E-state index >= 15 is 0 Å². The Bertz CT molecular complexity index is 372. The van der Waals surface area contributed by atoms with Crippen LogP contribution in [0, 0.1) is 4.91 Å². The number of alkyl halides is 1. The van der Waals surface area contributed by atoms with E-state index in [1.807, 2.05) is 0 Å². The molecule has 1 aromatic carbocycles. The molecule has 1 rings (SSSR count). The van der Waals surface area contributed by atoms with E-state index < -0.39 is 5.91 Å². The molecule has 72 valence electrons. The Balaban J connectivity index is 2.94. The number of ketones is 1. The topological polar surface area (TPSA) is 63.6 Å². The van der Waals surface area contributed by atoms with Gasteiger partial charge in [0.25, 0.3) is 0 Å². The van der Waals surface area contributed by atoms with E-state index in [4.69, 9.17) is 0 Å². The lowest BCUT2D eigenvalue weighted by Gasteiger charge is -1.97. The Kier molecular flexibility index (Phi) is 3.64. The molecule has 1 aromatic rings. The third kappa shape index (κ3) is 2.32. The van der Waals surface area contributed by atoms with Gasteiger partial charge in [0.1, 0.15) is 0 Å². The molecule has 5 heteroatoms. The van der Waals surface area contributed by atoms with Crippen molar-refractivity contribution >= 4 is 27.6 Å². The fourth-order valence-corrected chi connectivity index (χ4v) is 1.25. The molecule has 0 saturated heterocycles. The van der Waals surface area contributed by atoms with Crippen LogP contribution >= 0.6 is 15.9 Å². The lowest BCUT2D eigenvalue weighted by Crippen LogP contribution is -2.01. The van der Waals surface area contributed by atoms with Crippen LogP contribution in [0.3, 0.4) is 0 Å². The van der Waals surface area contributed by atoms with E-state index in [9.17, 15) is 14.5 Å². The van der Waals surface area contributed by atoms with Gasteiger partial charge in [-0.2, -0.15) is 0 Å². The molecule has 1 amide bonds. The summed E-state index contributed by atoms with van der Waals surface area (Å²) in [5, 5.41) is 2.50. The second-order valence-corrected chi connectivity index (χ2v) is 3.09. The lowest BCUT2D eigenvalue weighted by atomic mass is 10.1. The number of rotatable bonds is 3. The van der Waals surface area contributed by atoms with Crippen molar-refractivity contribution in [2.24, 2.45) is 5.18 Å². The van der Waals surface area contributed by atoms with Crippen molar-refractivity contribution in [1.29, 1.82) is 0 Å². The van der Waals surface area contributed by atoms with Gasteiger partial charge in [-0.25, -0.2) is 0 Å². The van der Waals surface area contributed by atoms with Crippen molar-refractivity contribution in [2.75, 3.05) is 5.33 Å². The molecule has 0 atom stereocenters. The number of Topliss-reactive ketones (excluding diaryl/α,β-unsaturated/α-hetero) is 1. The van der Waals surface area contributed by atoms with Crippen molar-refractivity contribution in [1.82, 2.24) is 0 Å². The number of hydrogen-bond acceptors (Lipinski definition) is 3. The number of nitrogens with zero attached hydrogens (tertiary/aromatic N) is 1. The second kappa shape index (κ2) is 4.76. The van der Waals surface area contributed by atoms with Gasteiger partial charge in [-0.3, -0.25) is 9.59 Å². The fourth-order valence-electron chi connectivity index (χ4n) is 0.929. The summed E-state index contributed by atoms with van der Waals surface area (Å²) in [6.45, 7) is 0. The molecule has 0 spiro atoms. The molecule has 0 aliphatic heterocycles. The van der Waals surface area contributed by atoms with Gasteiger partial charge in [0, 0.05) is 16.3 Å². The summed E-state index contributed by atoms with van der Waals surface area (Å²) in [4.78, 5) is 31.8. The largest absolute Gasteiger partial charge is 0.316 e. The van der Waals surface area contributed by atoms with Crippen LogP contribution in [0.2, 0.25) is 0 Å². The summed E-state index contributed by atoms with van der Waals surface area (Å²) < 4.78 is 0. The Hall–Kier alpha value is -1.36. The van der Waals surface area contributed by atoms with Crippen LogP contribution < -0.4 is 0 Å². The first-order chi connectivity index (χ1) is 6.69. The van der Waals surface area contributed by atoms with E-state index in [-0.39, 0.29) is 16.7 Å². The molecule has 0 fully saturated rings. The van der Waals surface area contributed by atoms with Crippen LogP contribution in [0.5, 0.6) is 0 Å². The zero-order valence-electron chi connectivity index (χ0n) is 7.07. The van der Waals surface area contributed by atoms with Crippen molar-refractivity contribution in [3.05, 3.63) is 40.3 Å². The number of carbonyl (C=O) groups excluding carboxylic acids is 2. The molecule has 4 nitrogen and oxygen atoms in total. The van der Waals surface area contributed by atoms with Crippen molar-refractivity contribution in [3.8, 4) is 0 Å². The maximum absolute atomic E-state index is 11.1. The number of halogens is 1. The Morgan fingerprint density at radius 1 is 1.14 bits per heavy atom. The van der Waals surface area contributed by atoms with Crippen LogP contribution in [0.1, 0.15) is 20.7 Å². The first kappa shape index (κ1) is 10.7. The summed E-state index contributed by atoms with van der Waals surface area (Å²) >= 11 is 3.03. The SMILES string of the molecule is O=NC(=O)c1ccc(C(=O)CBr)cc1. The molecular weight excluding hydrogens is 250 g/mol. The Morgan fingerprint density at radius 2 is 1.64 bits per heavy atom. The highest BCUT2D eigenvalue weighted by molar-refractivity contribution is 9.09. The summed E-state index contributed by atoms with van der Waals surface area (Å²) in [7, 11) is 0. The molecule has 0 unspecified atom stereocenters. The summed E-state index contributed by atoms with van der Waals surface area (Å²) in [6.07, 6.45) is 0. The number of amides is 1. The van der Waals surface area contributed by atoms with Crippen LogP contribution in [0.4, 0.5) is 0 Å². The van der Waals surface area contributed by atoms with Gasteiger partial charge in [0.15, 0.2) is 5.78 Å². The summed E-state index contributed by atoms with van der Waals surface area (Å²) in [6, 6.07) is 5.78. The van der Waals surface area contributed by atoms with Gasteiger partial charge in [0.2, 0.25) is 0 Å². The second-order valence-electron chi connectivity index (χ2n) is 2.53. The van der Waals surface area contributed by atoms with Crippen LogP contribution in [0.25, 0.3) is 0 Å². The highest BCUT2D eigenvalue weighted by Gasteiger charge is 2.07. The maximum Gasteiger partial charge on any atom is 0.316 e. The number of nitroso groups, excluding NO2 is 1. The van der Waals surface area contributed by atoms with Gasteiger partial charge >= 0.3 is 5.91 Å². The molecule has 0 N–H and O–H groups in total. The first-order valence-corrected chi connectivity index (χ1v) is 4.88. The van der Waals surface area contributed by atoms with Crippen LogP contribution in [-0.2, 0) is 0 Å². The number of hydrogen-bond donors (Lipinski definition) is 0. The van der Waals surface area contributed by atoms with Gasteiger partial charge in [-0.15, -0.1) is 4.91 Å². The third-order valence-corrected chi connectivity index (χ3v) is 2.17. The zero-order valence-corrected chi connectivity index (χ0v) is 8.65. The zero-order chi connectivity index (χ0) is 10.6. The predicted molar refractivity (Wildman–Crippen MR) is 54.7 cm³/mol. The highest BCUT2D eigenvalue weighted by atomic mass is 79.9. The Morgan fingerprint density at radius 3 is 2.07 bits per heavy atom. The standard InChI is InChI=1S/C9H6BrNO3/c10-5-8(12)6-1-3-7(4-2-6)9(13)11-14/h1-4H,5H2. The maximum atomic E-state index is 11.1. The lowest BCUT2D eigenvalue weighted by molar-refractivity contribution is 0.0995. The average Bonchev–Trinajstić information content (AvgIpc) is 2.27. The van der Waals surface area contributed by atoms with Crippen LogP contribution in [0.15, 0.2) is 29.4 Å². The van der Waals surface area contributed by atoms with Gasteiger partial charge in [-0.05, 0) is 12.1 Å². The van der Waals surface area contributed by atoms with Crippen molar-refractivity contribution in [3.63, 3.8) is 0 Å². The molecule has 0 aromatic heterocycles. The highest BCUT2D eigenvalue weighted by Crippen LogP contribution is 2.07. The van der Waals surface area contributed by atoms with Gasteiger partial charge in [0.05, 0.1) is 5.33 Å². The fraction of sp³-hybridized carbons (Fsp3) is 0.111. The van der Waals surface area contributed by atoms with E-state index in [1.54, 1.807) is 0 Å². The minimum Gasteiger partial charge on any atom is -0.293 e. The third-order valence-electron chi connectivity index (χ3n) is 1.66.